The normalized spacial score (nSPS) is 9.65. The maximum atomic E-state index is 11.2. The molecule has 0 fully saturated rings. The minimum absolute atomic E-state index is 0.360. The molecule has 0 aliphatic rings. The third-order valence-corrected chi connectivity index (χ3v) is 2.29. The molecule has 84 valence electrons. The fourth-order valence-electron chi connectivity index (χ4n) is 1.41. The van der Waals surface area contributed by atoms with Gasteiger partial charge in [-0.05, 0) is 36.3 Å². The Bertz CT molecular complexity index is 576. The molecule has 0 N–H and O–H groups in total. The molecule has 0 atom stereocenters. The molecule has 2 rings (SSSR count). The standard InChI is InChI=1S/C13H10N2O2/c1-3-11-8-9-15(14-11)12-6-4-10(5-7-12)13(16)17-2/h1,4-9H,2H3. The molecular weight excluding hydrogens is 216 g/mol. The molecule has 0 bridgehead atoms. The zero-order valence-electron chi connectivity index (χ0n) is 9.25. The first-order chi connectivity index (χ1) is 8.24. The summed E-state index contributed by atoms with van der Waals surface area (Å²) in [5.74, 6) is 2.09. The van der Waals surface area contributed by atoms with Crippen LogP contribution in [0.4, 0.5) is 0 Å². The van der Waals surface area contributed by atoms with Gasteiger partial charge in [0.1, 0.15) is 5.69 Å². The monoisotopic (exact) mass is 226 g/mol. The van der Waals surface area contributed by atoms with Crippen molar-refractivity contribution in [3.05, 3.63) is 47.8 Å². The molecule has 0 aliphatic carbocycles. The first kappa shape index (κ1) is 11.0. The number of carbonyl (C=O) groups excluding carboxylic acids is 1. The van der Waals surface area contributed by atoms with Crippen LogP contribution in [0.1, 0.15) is 16.1 Å². The molecule has 1 heterocycles. The molecule has 1 aromatic heterocycles. The number of esters is 1. The molecule has 0 saturated carbocycles. The molecule has 4 heteroatoms. The lowest BCUT2D eigenvalue weighted by Crippen LogP contribution is -2.02. The van der Waals surface area contributed by atoms with Crippen LogP contribution in [-0.2, 0) is 4.74 Å². The van der Waals surface area contributed by atoms with Gasteiger partial charge < -0.3 is 4.74 Å². The lowest BCUT2D eigenvalue weighted by atomic mass is 10.2. The number of nitrogens with zero attached hydrogens (tertiary/aromatic N) is 2. The third-order valence-electron chi connectivity index (χ3n) is 2.29. The summed E-state index contributed by atoms with van der Waals surface area (Å²) >= 11 is 0. The molecule has 0 saturated heterocycles. The summed E-state index contributed by atoms with van der Waals surface area (Å²) in [6, 6.07) is 8.66. The van der Waals surface area contributed by atoms with Gasteiger partial charge in [-0.3, -0.25) is 0 Å². The summed E-state index contributed by atoms with van der Waals surface area (Å²) < 4.78 is 6.26. The molecule has 4 nitrogen and oxygen atoms in total. The lowest BCUT2D eigenvalue weighted by molar-refractivity contribution is 0.0601. The maximum absolute atomic E-state index is 11.2. The van der Waals surface area contributed by atoms with Crippen molar-refractivity contribution in [3.8, 4) is 18.0 Å². The summed E-state index contributed by atoms with van der Waals surface area (Å²) in [5, 5.41) is 4.16. The van der Waals surface area contributed by atoms with Gasteiger partial charge >= 0.3 is 5.97 Å². The van der Waals surface area contributed by atoms with Gasteiger partial charge in [-0.1, -0.05) is 0 Å². The zero-order valence-corrected chi connectivity index (χ0v) is 9.25. The van der Waals surface area contributed by atoms with Gasteiger partial charge in [-0.25, -0.2) is 9.48 Å². The highest BCUT2D eigenvalue weighted by Gasteiger charge is 2.05. The number of aromatic nitrogens is 2. The summed E-state index contributed by atoms with van der Waals surface area (Å²) in [5.41, 5.74) is 1.90. The number of hydrogen-bond acceptors (Lipinski definition) is 3. The third kappa shape index (κ3) is 2.18. The smallest absolute Gasteiger partial charge is 0.337 e. The van der Waals surface area contributed by atoms with E-state index in [-0.39, 0.29) is 5.97 Å². The van der Waals surface area contributed by atoms with E-state index >= 15 is 0 Å². The maximum Gasteiger partial charge on any atom is 0.337 e. The Morgan fingerprint density at radius 3 is 2.59 bits per heavy atom. The van der Waals surface area contributed by atoms with Crippen LogP contribution >= 0.6 is 0 Å². The summed E-state index contributed by atoms with van der Waals surface area (Å²) in [6.07, 6.45) is 7.00. The second-order valence-electron chi connectivity index (χ2n) is 3.33. The lowest BCUT2D eigenvalue weighted by Gasteiger charge is -2.02. The van der Waals surface area contributed by atoms with E-state index in [1.165, 1.54) is 7.11 Å². The second-order valence-corrected chi connectivity index (χ2v) is 3.33. The number of ether oxygens (including phenoxy) is 1. The minimum atomic E-state index is -0.360. The molecule has 1 aromatic carbocycles. The number of benzene rings is 1. The Hall–Kier alpha value is -2.54. The molecule has 0 aliphatic heterocycles. The molecular formula is C13H10N2O2. The molecule has 0 radical (unpaired) electrons. The molecule has 0 unspecified atom stereocenters. The first-order valence-corrected chi connectivity index (χ1v) is 4.95. The molecule has 2 aromatic rings. The average Bonchev–Trinajstić information content (AvgIpc) is 2.87. The largest absolute Gasteiger partial charge is 0.465 e. The minimum Gasteiger partial charge on any atom is -0.465 e. The highest BCUT2D eigenvalue weighted by molar-refractivity contribution is 5.89. The van der Waals surface area contributed by atoms with Gasteiger partial charge in [0.25, 0.3) is 0 Å². The fourth-order valence-corrected chi connectivity index (χ4v) is 1.41. The van der Waals surface area contributed by atoms with Gasteiger partial charge in [0.15, 0.2) is 0 Å². The van der Waals surface area contributed by atoms with Crippen LogP contribution in [0.25, 0.3) is 5.69 Å². The van der Waals surface area contributed by atoms with Crippen molar-refractivity contribution in [1.29, 1.82) is 0 Å². The van der Waals surface area contributed by atoms with E-state index < -0.39 is 0 Å². The van der Waals surface area contributed by atoms with Crippen molar-refractivity contribution < 1.29 is 9.53 Å². The highest BCUT2D eigenvalue weighted by Crippen LogP contribution is 2.10. The Kier molecular flexibility index (Phi) is 2.93. The van der Waals surface area contributed by atoms with E-state index in [4.69, 9.17) is 6.42 Å². The van der Waals surface area contributed by atoms with E-state index in [0.29, 0.717) is 11.3 Å². The van der Waals surface area contributed by atoms with Crippen LogP contribution in [0.3, 0.4) is 0 Å². The van der Waals surface area contributed by atoms with Gasteiger partial charge in [0.05, 0.1) is 18.4 Å². The van der Waals surface area contributed by atoms with Gasteiger partial charge in [-0.15, -0.1) is 6.42 Å². The van der Waals surface area contributed by atoms with Gasteiger partial charge in [0.2, 0.25) is 0 Å². The van der Waals surface area contributed by atoms with Gasteiger partial charge in [-0.2, -0.15) is 5.10 Å². The van der Waals surface area contributed by atoms with Crippen LogP contribution in [0.15, 0.2) is 36.5 Å². The summed E-state index contributed by atoms with van der Waals surface area (Å²) in [4.78, 5) is 11.2. The van der Waals surface area contributed by atoms with Crippen LogP contribution in [0, 0.1) is 12.3 Å². The van der Waals surface area contributed by atoms with Gasteiger partial charge in [0, 0.05) is 6.20 Å². The zero-order chi connectivity index (χ0) is 12.3. The summed E-state index contributed by atoms with van der Waals surface area (Å²) in [7, 11) is 1.35. The van der Waals surface area contributed by atoms with Crippen molar-refractivity contribution in [3.63, 3.8) is 0 Å². The highest BCUT2D eigenvalue weighted by atomic mass is 16.5. The predicted molar refractivity (Wildman–Crippen MR) is 62.8 cm³/mol. The number of rotatable bonds is 2. The van der Waals surface area contributed by atoms with Crippen molar-refractivity contribution in [2.24, 2.45) is 0 Å². The molecule has 0 spiro atoms. The number of methoxy groups -OCH3 is 1. The van der Waals surface area contributed by atoms with Crippen LogP contribution in [0.2, 0.25) is 0 Å². The van der Waals surface area contributed by atoms with Crippen molar-refractivity contribution in [1.82, 2.24) is 9.78 Å². The Morgan fingerprint density at radius 1 is 1.35 bits per heavy atom. The molecule has 17 heavy (non-hydrogen) atoms. The topological polar surface area (TPSA) is 44.1 Å². The number of hydrogen-bond donors (Lipinski definition) is 0. The van der Waals surface area contributed by atoms with E-state index in [2.05, 4.69) is 15.8 Å². The first-order valence-electron chi connectivity index (χ1n) is 4.95. The number of terminal acetylenes is 1. The van der Waals surface area contributed by atoms with E-state index in [0.717, 1.165) is 5.69 Å². The SMILES string of the molecule is C#Cc1ccn(-c2ccc(C(=O)OC)cc2)n1. The van der Waals surface area contributed by atoms with Crippen LogP contribution < -0.4 is 0 Å². The average molecular weight is 226 g/mol. The Morgan fingerprint density at radius 2 is 2.06 bits per heavy atom. The van der Waals surface area contributed by atoms with Crippen molar-refractivity contribution in [2.75, 3.05) is 7.11 Å². The Labute approximate surface area is 98.8 Å². The Balaban J connectivity index is 2.29. The van der Waals surface area contributed by atoms with Crippen LogP contribution in [-0.4, -0.2) is 22.9 Å². The van der Waals surface area contributed by atoms with Crippen LogP contribution in [0.5, 0.6) is 0 Å². The summed E-state index contributed by atoms with van der Waals surface area (Å²) in [6.45, 7) is 0. The van der Waals surface area contributed by atoms with E-state index in [9.17, 15) is 4.79 Å². The second kappa shape index (κ2) is 4.54. The fraction of sp³-hybridized carbons (Fsp3) is 0.0769. The van der Waals surface area contributed by atoms with E-state index in [1.54, 1.807) is 41.2 Å². The van der Waals surface area contributed by atoms with Crippen molar-refractivity contribution in [2.45, 2.75) is 0 Å². The quantitative estimate of drug-likeness (QED) is 0.577. The van der Waals surface area contributed by atoms with E-state index in [1.807, 2.05) is 0 Å². The number of carbonyl (C=O) groups is 1. The molecule has 0 amide bonds. The van der Waals surface area contributed by atoms with Crippen molar-refractivity contribution >= 4 is 5.97 Å². The predicted octanol–water partition coefficient (Wildman–Crippen LogP) is 1.64.